The first-order valence-corrected chi connectivity index (χ1v) is 10.3. The number of aliphatic hydroxyl groups is 2. The van der Waals surface area contributed by atoms with Crippen molar-refractivity contribution in [3.8, 4) is 5.75 Å². The fourth-order valence-corrected chi connectivity index (χ4v) is 3.64. The Morgan fingerprint density at radius 2 is 2.07 bits per heavy atom. The minimum absolute atomic E-state index is 0.0539. The van der Waals surface area contributed by atoms with E-state index in [1.807, 2.05) is 30.3 Å². The molecule has 2 aromatic rings. The van der Waals surface area contributed by atoms with Crippen molar-refractivity contribution in [3.05, 3.63) is 59.9 Å². The molecule has 7 heteroatoms. The van der Waals surface area contributed by atoms with Gasteiger partial charge in [0, 0.05) is 32.6 Å². The number of pyridine rings is 1. The number of hydrogen-bond acceptors (Lipinski definition) is 6. The van der Waals surface area contributed by atoms with Gasteiger partial charge >= 0.3 is 0 Å². The highest BCUT2D eigenvalue weighted by Crippen LogP contribution is 2.22. The highest BCUT2D eigenvalue weighted by Gasteiger charge is 2.30. The van der Waals surface area contributed by atoms with Gasteiger partial charge < -0.3 is 24.6 Å². The van der Waals surface area contributed by atoms with Gasteiger partial charge in [0.1, 0.15) is 30.7 Å². The third kappa shape index (κ3) is 6.01. The Bertz CT molecular complexity index is 801. The van der Waals surface area contributed by atoms with Gasteiger partial charge in [-0.05, 0) is 42.5 Å². The van der Waals surface area contributed by atoms with Crippen LogP contribution in [0.25, 0.3) is 0 Å². The van der Waals surface area contributed by atoms with E-state index in [-0.39, 0.29) is 25.5 Å². The number of aromatic nitrogens is 1. The van der Waals surface area contributed by atoms with Crippen LogP contribution in [-0.2, 0) is 22.4 Å². The molecule has 30 heavy (non-hydrogen) atoms. The first-order chi connectivity index (χ1) is 14.6. The number of carbonyl (C=O) groups excluding carboxylic acids is 1. The monoisotopic (exact) mass is 414 g/mol. The molecule has 0 fully saturated rings. The number of aliphatic hydroxyl groups excluding tert-OH is 2. The first kappa shape index (κ1) is 22.2. The fourth-order valence-electron chi connectivity index (χ4n) is 3.64. The zero-order chi connectivity index (χ0) is 21.3. The molecule has 1 aromatic carbocycles. The molecule has 3 rings (SSSR count). The van der Waals surface area contributed by atoms with E-state index < -0.39 is 18.3 Å². The summed E-state index contributed by atoms with van der Waals surface area (Å²) in [5, 5.41) is 21.1. The molecule has 1 aromatic heterocycles. The lowest BCUT2D eigenvalue weighted by Crippen LogP contribution is -2.49. The van der Waals surface area contributed by atoms with E-state index in [4.69, 9.17) is 9.47 Å². The summed E-state index contributed by atoms with van der Waals surface area (Å²) < 4.78 is 11.2. The van der Waals surface area contributed by atoms with Crippen molar-refractivity contribution >= 4 is 5.91 Å². The third-order valence-electron chi connectivity index (χ3n) is 5.42. The second kappa shape index (κ2) is 11.1. The number of aryl methyl sites for hydroxylation is 1. The lowest BCUT2D eigenvalue weighted by atomic mass is 10.1. The largest absolute Gasteiger partial charge is 0.491 e. The van der Waals surface area contributed by atoms with Crippen LogP contribution in [0.1, 0.15) is 24.0 Å². The Kier molecular flexibility index (Phi) is 8.19. The highest BCUT2D eigenvalue weighted by atomic mass is 16.5. The summed E-state index contributed by atoms with van der Waals surface area (Å²) in [6.45, 7) is 0.688. The zero-order valence-corrected chi connectivity index (χ0v) is 17.3. The minimum Gasteiger partial charge on any atom is -0.491 e. The summed E-state index contributed by atoms with van der Waals surface area (Å²) in [5.41, 5.74) is 1.89. The van der Waals surface area contributed by atoms with Crippen molar-refractivity contribution in [2.24, 2.45) is 0 Å². The summed E-state index contributed by atoms with van der Waals surface area (Å²) in [7, 11) is 1.47. The number of methoxy groups -OCH3 is 1. The average Bonchev–Trinajstić information content (AvgIpc) is 2.78. The van der Waals surface area contributed by atoms with Crippen LogP contribution < -0.4 is 4.74 Å². The molecule has 1 aliphatic rings. The Balaban J connectivity index is 1.77. The van der Waals surface area contributed by atoms with E-state index in [0.717, 1.165) is 30.4 Å². The molecule has 1 aliphatic heterocycles. The molecule has 0 saturated heterocycles. The minimum atomic E-state index is -1.18. The van der Waals surface area contributed by atoms with Gasteiger partial charge in [-0.25, -0.2) is 0 Å². The van der Waals surface area contributed by atoms with Crippen LogP contribution in [0.4, 0.5) is 0 Å². The number of hydrogen-bond donors (Lipinski definition) is 2. The van der Waals surface area contributed by atoms with E-state index in [0.29, 0.717) is 12.3 Å². The highest BCUT2D eigenvalue weighted by molar-refractivity contribution is 5.78. The maximum absolute atomic E-state index is 13.0. The summed E-state index contributed by atoms with van der Waals surface area (Å²) in [4.78, 5) is 18.8. The summed E-state index contributed by atoms with van der Waals surface area (Å²) >= 11 is 0. The number of amides is 1. The van der Waals surface area contributed by atoms with Crippen molar-refractivity contribution in [3.63, 3.8) is 0 Å². The van der Waals surface area contributed by atoms with Crippen molar-refractivity contribution in [1.29, 1.82) is 0 Å². The number of para-hydroxylation sites is 1. The molecule has 0 spiro atoms. The van der Waals surface area contributed by atoms with E-state index in [1.165, 1.54) is 7.11 Å². The van der Waals surface area contributed by atoms with Gasteiger partial charge in [0.2, 0.25) is 5.91 Å². The summed E-state index contributed by atoms with van der Waals surface area (Å²) in [6.07, 6.45) is 3.04. The predicted molar refractivity (Wildman–Crippen MR) is 112 cm³/mol. The van der Waals surface area contributed by atoms with Gasteiger partial charge in [-0.2, -0.15) is 0 Å². The van der Waals surface area contributed by atoms with Crippen LogP contribution >= 0.6 is 0 Å². The van der Waals surface area contributed by atoms with Gasteiger partial charge in [0.15, 0.2) is 0 Å². The number of carbonyl (C=O) groups is 1. The number of ether oxygens (including phenoxy) is 2. The fraction of sp³-hybridized carbons (Fsp3) is 0.478. The Morgan fingerprint density at radius 1 is 1.23 bits per heavy atom. The molecular formula is C23H30N2O5. The molecular weight excluding hydrogens is 384 g/mol. The molecule has 2 N–H and O–H groups in total. The van der Waals surface area contributed by atoms with Gasteiger partial charge in [0.05, 0.1) is 6.42 Å². The van der Waals surface area contributed by atoms with Crippen LogP contribution in [0.3, 0.4) is 0 Å². The molecule has 1 amide bonds. The second-order valence-electron chi connectivity index (χ2n) is 7.59. The maximum atomic E-state index is 13.0. The van der Waals surface area contributed by atoms with Crippen LogP contribution in [-0.4, -0.2) is 71.1 Å². The van der Waals surface area contributed by atoms with Crippen molar-refractivity contribution in [1.82, 2.24) is 9.88 Å². The average molecular weight is 415 g/mol. The standard InChI is InChI=1S/C23H30N2O5/c1-29-21-15-25(22(27)13-17-7-6-11-24-14-17)12-5-4-9-18-8-2-3-10-20(18)30-16-19(26)23(21)28/h2-3,6-8,10-11,14,19,21,23,26,28H,4-5,9,12-13,15-16H2,1H3/t19-,21+,23-/m1/s1. The number of rotatable bonds is 3. The Hall–Kier alpha value is -2.48. The quantitative estimate of drug-likeness (QED) is 0.793. The molecule has 0 unspecified atom stereocenters. The number of benzene rings is 1. The number of fused-ring (bicyclic) bond motifs is 1. The first-order valence-electron chi connectivity index (χ1n) is 10.3. The smallest absolute Gasteiger partial charge is 0.227 e. The normalized spacial score (nSPS) is 23.3. The molecule has 162 valence electrons. The maximum Gasteiger partial charge on any atom is 0.227 e. The third-order valence-corrected chi connectivity index (χ3v) is 5.42. The molecule has 2 heterocycles. The van der Waals surface area contributed by atoms with E-state index in [1.54, 1.807) is 23.4 Å². The van der Waals surface area contributed by atoms with Gasteiger partial charge in [0.25, 0.3) is 0 Å². The Labute approximate surface area is 177 Å². The van der Waals surface area contributed by atoms with Gasteiger partial charge in [-0.1, -0.05) is 24.3 Å². The van der Waals surface area contributed by atoms with E-state index >= 15 is 0 Å². The van der Waals surface area contributed by atoms with E-state index in [2.05, 4.69) is 4.98 Å². The molecule has 0 bridgehead atoms. The zero-order valence-electron chi connectivity index (χ0n) is 17.3. The van der Waals surface area contributed by atoms with E-state index in [9.17, 15) is 15.0 Å². The van der Waals surface area contributed by atoms with Crippen molar-refractivity contribution < 1.29 is 24.5 Å². The molecule has 0 radical (unpaired) electrons. The topological polar surface area (TPSA) is 92.1 Å². The van der Waals surface area contributed by atoms with Crippen LogP contribution in [0.5, 0.6) is 5.75 Å². The summed E-state index contributed by atoms with van der Waals surface area (Å²) in [6, 6.07) is 11.4. The molecule has 3 atom stereocenters. The lowest BCUT2D eigenvalue weighted by Gasteiger charge is -2.31. The lowest BCUT2D eigenvalue weighted by molar-refractivity contribution is -0.136. The SMILES string of the molecule is CO[C@H]1CN(C(=O)Cc2cccnc2)CCCCc2ccccc2OC[C@@H](O)[C@H]1O. The van der Waals surface area contributed by atoms with Crippen LogP contribution in [0.2, 0.25) is 0 Å². The van der Waals surface area contributed by atoms with Crippen molar-refractivity contribution in [2.75, 3.05) is 26.8 Å². The second-order valence-corrected chi connectivity index (χ2v) is 7.59. The van der Waals surface area contributed by atoms with Gasteiger partial charge in [-0.15, -0.1) is 0 Å². The number of nitrogens with zero attached hydrogens (tertiary/aromatic N) is 2. The van der Waals surface area contributed by atoms with Gasteiger partial charge in [-0.3, -0.25) is 9.78 Å². The molecule has 7 nitrogen and oxygen atoms in total. The molecule has 0 saturated carbocycles. The van der Waals surface area contributed by atoms with Crippen LogP contribution in [0.15, 0.2) is 48.8 Å². The Morgan fingerprint density at radius 3 is 2.83 bits per heavy atom. The predicted octanol–water partition coefficient (Wildman–Crippen LogP) is 1.60. The molecule has 0 aliphatic carbocycles. The van der Waals surface area contributed by atoms with Crippen molar-refractivity contribution in [2.45, 2.75) is 44.0 Å². The van der Waals surface area contributed by atoms with Crippen LogP contribution in [0, 0.1) is 0 Å². The summed E-state index contributed by atoms with van der Waals surface area (Å²) in [5.74, 6) is 0.653.